The highest BCUT2D eigenvalue weighted by molar-refractivity contribution is 5.61. The van der Waals surface area contributed by atoms with Crippen LogP contribution in [0.5, 0.6) is 0 Å². The van der Waals surface area contributed by atoms with E-state index in [4.69, 9.17) is 10.8 Å². The first-order chi connectivity index (χ1) is 6.27. The molecule has 0 aliphatic carbocycles. The fraction of sp³-hybridized carbons (Fsp3) is 0.444. The van der Waals surface area contributed by atoms with Crippen LogP contribution in [0, 0.1) is 0 Å². The number of hydrogen-bond acceptors (Lipinski definition) is 4. The zero-order valence-corrected chi connectivity index (χ0v) is 7.70. The summed E-state index contributed by atoms with van der Waals surface area (Å²) in [5.41, 5.74) is 6.40. The number of nitrogens with zero attached hydrogens (tertiary/aromatic N) is 1. The quantitative estimate of drug-likeness (QED) is 0.644. The van der Waals surface area contributed by atoms with E-state index in [0.717, 1.165) is 12.1 Å². The molecule has 1 rings (SSSR count). The van der Waals surface area contributed by atoms with Gasteiger partial charge in [0, 0.05) is 12.2 Å². The number of anilines is 2. The zero-order valence-electron chi connectivity index (χ0n) is 7.70. The van der Waals surface area contributed by atoms with Crippen LogP contribution in [-0.4, -0.2) is 22.7 Å². The topological polar surface area (TPSA) is 71.2 Å². The summed E-state index contributed by atoms with van der Waals surface area (Å²) in [7, 11) is 0. The standard InChI is InChI=1S/C9H15N3O/c1-2-7(6-13)12-8-4-3-5-11-9(8)10/h3-5,7,12-13H,2,6H2,1H3,(H2,10,11). The third-order valence-corrected chi connectivity index (χ3v) is 1.91. The number of nitrogen functional groups attached to an aromatic ring is 1. The number of rotatable bonds is 4. The van der Waals surface area contributed by atoms with Crippen LogP contribution in [0.4, 0.5) is 11.5 Å². The maximum absolute atomic E-state index is 8.95. The second-order valence-electron chi connectivity index (χ2n) is 2.87. The molecule has 0 bridgehead atoms. The van der Waals surface area contributed by atoms with E-state index in [2.05, 4.69) is 10.3 Å². The molecule has 1 aromatic heterocycles. The van der Waals surface area contributed by atoms with Gasteiger partial charge in [0.15, 0.2) is 0 Å². The summed E-state index contributed by atoms with van der Waals surface area (Å²) < 4.78 is 0. The van der Waals surface area contributed by atoms with Crippen LogP contribution in [0.15, 0.2) is 18.3 Å². The minimum Gasteiger partial charge on any atom is -0.394 e. The summed E-state index contributed by atoms with van der Waals surface area (Å²) in [6, 6.07) is 3.70. The van der Waals surface area contributed by atoms with Gasteiger partial charge in [-0.25, -0.2) is 4.98 Å². The molecule has 0 amide bonds. The van der Waals surface area contributed by atoms with Gasteiger partial charge in [-0.15, -0.1) is 0 Å². The summed E-state index contributed by atoms with van der Waals surface area (Å²) in [5, 5.41) is 12.1. The third-order valence-electron chi connectivity index (χ3n) is 1.91. The van der Waals surface area contributed by atoms with E-state index in [1.54, 1.807) is 6.20 Å². The van der Waals surface area contributed by atoms with E-state index in [1.165, 1.54) is 0 Å². The molecular formula is C9H15N3O. The molecule has 0 aromatic carbocycles. The van der Waals surface area contributed by atoms with Crippen molar-refractivity contribution in [1.82, 2.24) is 4.98 Å². The first-order valence-electron chi connectivity index (χ1n) is 4.35. The SMILES string of the molecule is CCC(CO)Nc1cccnc1N. The van der Waals surface area contributed by atoms with E-state index in [0.29, 0.717) is 5.82 Å². The predicted octanol–water partition coefficient (Wildman–Crippen LogP) is 0.847. The number of aliphatic hydroxyl groups excluding tert-OH is 1. The van der Waals surface area contributed by atoms with Crippen molar-refractivity contribution < 1.29 is 5.11 Å². The van der Waals surface area contributed by atoms with Gasteiger partial charge < -0.3 is 16.2 Å². The first-order valence-corrected chi connectivity index (χ1v) is 4.35. The molecule has 0 saturated heterocycles. The number of hydrogen-bond donors (Lipinski definition) is 3. The molecule has 4 heteroatoms. The van der Waals surface area contributed by atoms with Crippen LogP contribution in [0.1, 0.15) is 13.3 Å². The molecule has 1 heterocycles. The molecule has 0 fully saturated rings. The van der Waals surface area contributed by atoms with E-state index in [-0.39, 0.29) is 12.6 Å². The van der Waals surface area contributed by atoms with Gasteiger partial charge in [0.05, 0.1) is 12.3 Å². The lowest BCUT2D eigenvalue weighted by Crippen LogP contribution is -2.23. The fourth-order valence-electron chi connectivity index (χ4n) is 1.04. The van der Waals surface area contributed by atoms with Crippen molar-refractivity contribution in [2.24, 2.45) is 0 Å². The molecule has 0 aliphatic heterocycles. The first kappa shape index (κ1) is 9.80. The van der Waals surface area contributed by atoms with Gasteiger partial charge >= 0.3 is 0 Å². The summed E-state index contributed by atoms with van der Waals surface area (Å²) in [6.45, 7) is 2.10. The second-order valence-corrected chi connectivity index (χ2v) is 2.87. The molecule has 4 N–H and O–H groups in total. The van der Waals surface area contributed by atoms with Gasteiger partial charge in [0.1, 0.15) is 5.82 Å². The monoisotopic (exact) mass is 181 g/mol. The average Bonchev–Trinajstić information content (AvgIpc) is 2.17. The molecule has 0 radical (unpaired) electrons. The van der Waals surface area contributed by atoms with E-state index in [1.807, 2.05) is 19.1 Å². The lowest BCUT2D eigenvalue weighted by Gasteiger charge is -2.15. The van der Waals surface area contributed by atoms with E-state index >= 15 is 0 Å². The Kier molecular flexibility index (Phi) is 3.52. The van der Waals surface area contributed by atoms with Gasteiger partial charge in [-0.1, -0.05) is 6.92 Å². The number of pyridine rings is 1. The smallest absolute Gasteiger partial charge is 0.146 e. The van der Waals surface area contributed by atoms with E-state index < -0.39 is 0 Å². The Bertz CT molecular complexity index is 261. The van der Waals surface area contributed by atoms with Crippen molar-refractivity contribution in [3.05, 3.63) is 18.3 Å². The molecular weight excluding hydrogens is 166 g/mol. The highest BCUT2D eigenvalue weighted by Gasteiger charge is 2.05. The molecule has 1 aromatic rings. The molecule has 1 unspecified atom stereocenters. The number of aromatic nitrogens is 1. The van der Waals surface area contributed by atoms with Crippen molar-refractivity contribution in [2.45, 2.75) is 19.4 Å². The maximum Gasteiger partial charge on any atom is 0.146 e. The molecule has 4 nitrogen and oxygen atoms in total. The predicted molar refractivity (Wildman–Crippen MR) is 53.4 cm³/mol. The van der Waals surface area contributed by atoms with Gasteiger partial charge in [-0.2, -0.15) is 0 Å². The van der Waals surface area contributed by atoms with Gasteiger partial charge in [-0.05, 0) is 18.6 Å². The summed E-state index contributed by atoms with van der Waals surface area (Å²) in [5.74, 6) is 0.467. The lowest BCUT2D eigenvalue weighted by atomic mass is 10.2. The molecule has 13 heavy (non-hydrogen) atoms. The van der Waals surface area contributed by atoms with Crippen LogP contribution >= 0.6 is 0 Å². The number of nitrogens with one attached hydrogen (secondary N) is 1. The highest BCUT2D eigenvalue weighted by atomic mass is 16.3. The largest absolute Gasteiger partial charge is 0.394 e. The zero-order chi connectivity index (χ0) is 9.68. The van der Waals surface area contributed by atoms with Crippen LogP contribution in [-0.2, 0) is 0 Å². The Balaban J connectivity index is 2.67. The Hall–Kier alpha value is -1.29. The summed E-state index contributed by atoms with van der Waals surface area (Å²) in [6.07, 6.45) is 2.49. The van der Waals surface area contributed by atoms with Crippen molar-refractivity contribution in [1.29, 1.82) is 0 Å². The third kappa shape index (κ3) is 2.59. The van der Waals surface area contributed by atoms with Crippen molar-refractivity contribution in [3.8, 4) is 0 Å². The van der Waals surface area contributed by atoms with E-state index in [9.17, 15) is 0 Å². The number of aliphatic hydroxyl groups is 1. The fourth-order valence-corrected chi connectivity index (χ4v) is 1.04. The van der Waals surface area contributed by atoms with Crippen molar-refractivity contribution in [2.75, 3.05) is 17.7 Å². The van der Waals surface area contributed by atoms with Crippen molar-refractivity contribution >= 4 is 11.5 Å². The van der Waals surface area contributed by atoms with Gasteiger partial charge in [0.25, 0.3) is 0 Å². The van der Waals surface area contributed by atoms with Gasteiger partial charge in [0.2, 0.25) is 0 Å². The number of nitrogens with two attached hydrogens (primary N) is 1. The minimum atomic E-state index is 0.0477. The van der Waals surface area contributed by atoms with Crippen LogP contribution in [0.2, 0.25) is 0 Å². The average molecular weight is 181 g/mol. The lowest BCUT2D eigenvalue weighted by molar-refractivity contribution is 0.272. The molecule has 0 aliphatic rings. The highest BCUT2D eigenvalue weighted by Crippen LogP contribution is 2.15. The minimum absolute atomic E-state index is 0.0477. The maximum atomic E-state index is 8.95. The summed E-state index contributed by atoms with van der Waals surface area (Å²) >= 11 is 0. The Morgan fingerprint density at radius 2 is 2.46 bits per heavy atom. The molecule has 72 valence electrons. The van der Waals surface area contributed by atoms with Gasteiger partial charge in [-0.3, -0.25) is 0 Å². The van der Waals surface area contributed by atoms with Crippen LogP contribution in [0.3, 0.4) is 0 Å². The van der Waals surface area contributed by atoms with Crippen LogP contribution in [0.25, 0.3) is 0 Å². The van der Waals surface area contributed by atoms with Crippen molar-refractivity contribution in [3.63, 3.8) is 0 Å². The Morgan fingerprint density at radius 1 is 1.69 bits per heavy atom. The molecule has 1 atom stereocenters. The summed E-state index contributed by atoms with van der Waals surface area (Å²) in [4.78, 5) is 3.93. The molecule has 0 saturated carbocycles. The van der Waals surface area contributed by atoms with Crippen LogP contribution < -0.4 is 11.1 Å². The Morgan fingerprint density at radius 3 is 3.00 bits per heavy atom. The Labute approximate surface area is 77.8 Å². The second kappa shape index (κ2) is 4.67. The molecule has 0 spiro atoms. The normalized spacial score (nSPS) is 12.5.